The molecule has 0 saturated carbocycles. The Morgan fingerprint density at radius 2 is 1.90 bits per heavy atom. The molecule has 4 N–H and O–H groups in total. The molecule has 0 radical (unpaired) electrons. The van der Waals surface area contributed by atoms with Crippen molar-refractivity contribution in [2.75, 3.05) is 6.54 Å². The first-order valence-corrected chi connectivity index (χ1v) is 3.23. The van der Waals surface area contributed by atoms with Crippen molar-refractivity contribution in [3.63, 3.8) is 0 Å². The van der Waals surface area contributed by atoms with Crippen LogP contribution in [0.4, 0.5) is 0 Å². The molecule has 3 heteroatoms. The average molecular weight is 142 g/mol. The van der Waals surface area contributed by atoms with Gasteiger partial charge in [-0.3, -0.25) is 0 Å². The molecular weight excluding hydrogens is 128 g/mol. The van der Waals surface area contributed by atoms with Gasteiger partial charge >= 0.3 is 0 Å². The lowest BCUT2D eigenvalue weighted by Gasteiger charge is -1.91. The highest BCUT2D eigenvalue weighted by Gasteiger charge is 1.81. The molecule has 1 unspecified atom stereocenters. The summed E-state index contributed by atoms with van der Waals surface area (Å²) in [6.07, 6.45) is 3.41. The Bertz CT molecular complexity index is 109. The molecule has 0 bridgehead atoms. The minimum absolute atomic E-state index is 0.338. The van der Waals surface area contributed by atoms with E-state index in [0.717, 1.165) is 0 Å². The van der Waals surface area contributed by atoms with E-state index in [0.29, 0.717) is 6.54 Å². The van der Waals surface area contributed by atoms with Crippen LogP contribution in [0.2, 0.25) is 0 Å². The minimum Gasteiger partial charge on any atom is -0.392 e. The minimum atomic E-state index is -0.338. The zero-order valence-electron chi connectivity index (χ0n) is 6.12. The van der Waals surface area contributed by atoms with E-state index in [1.807, 2.05) is 24.5 Å². The fraction of sp³-hybridized carbons (Fsp3) is 0.429. The van der Waals surface area contributed by atoms with Gasteiger partial charge in [-0.25, -0.2) is 0 Å². The first-order chi connectivity index (χ1) is 4.77. The van der Waals surface area contributed by atoms with Gasteiger partial charge in [0, 0.05) is 18.9 Å². The van der Waals surface area contributed by atoms with Crippen LogP contribution in [0.5, 0.6) is 0 Å². The van der Waals surface area contributed by atoms with Crippen molar-refractivity contribution in [3.05, 3.63) is 24.5 Å². The van der Waals surface area contributed by atoms with Crippen molar-refractivity contribution in [1.82, 2.24) is 4.98 Å². The summed E-state index contributed by atoms with van der Waals surface area (Å²) in [6, 6.07) is 3.89. The number of nitrogens with two attached hydrogens (primary N) is 1. The van der Waals surface area contributed by atoms with Crippen LogP contribution in [0.25, 0.3) is 0 Å². The summed E-state index contributed by atoms with van der Waals surface area (Å²) in [6.45, 7) is 2.01. The lowest BCUT2D eigenvalue weighted by molar-refractivity contribution is 0.203. The molecule has 0 aliphatic carbocycles. The number of nitrogens with one attached hydrogen (secondary N) is 1. The highest BCUT2D eigenvalue weighted by Crippen LogP contribution is 1.72. The number of hydrogen-bond acceptors (Lipinski definition) is 2. The van der Waals surface area contributed by atoms with E-state index in [2.05, 4.69) is 4.98 Å². The maximum Gasteiger partial charge on any atom is 0.0634 e. The highest BCUT2D eigenvalue weighted by molar-refractivity contribution is 4.84. The predicted molar refractivity (Wildman–Crippen MR) is 41.5 cm³/mol. The molecule has 3 nitrogen and oxygen atoms in total. The van der Waals surface area contributed by atoms with Gasteiger partial charge in [0.25, 0.3) is 0 Å². The molecule has 0 saturated heterocycles. The van der Waals surface area contributed by atoms with E-state index in [1.165, 1.54) is 0 Å². The molecule has 0 aliphatic heterocycles. The van der Waals surface area contributed by atoms with Gasteiger partial charge in [-0.15, -0.1) is 0 Å². The third-order valence-corrected chi connectivity index (χ3v) is 0.837. The second-order valence-electron chi connectivity index (χ2n) is 1.97. The lowest BCUT2D eigenvalue weighted by Crippen LogP contribution is -2.14. The van der Waals surface area contributed by atoms with Crippen molar-refractivity contribution in [2.24, 2.45) is 5.73 Å². The molecule has 10 heavy (non-hydrogen) atoms. The average Bonchev–Trinajstić information content (AvgIpc) is 2.43. The fourth-order valence-electron chi connectivity index (χ4n) is 0.278. The summed E-state index contributed by atoms with van der Waals surface area (Å²) in [5.74, 6) is 0. The Morgan fingerprint density at radius 1 is 1.50 bits per heavy atom. The van der Waals surface area contributed by atoms with Crippen molar-refractivity contribution >= 4 is 0 Å². The number of H-pyrrole nitrogens is 1. The molecule has 0 amide bonds. The van der Waals surface area contributed by atoms with Crippen LogP contribution >= 0.6 is 0 Å². The number of hydrogen-bond donors (Lipinski definition) is 3. The largest absolute Gasteiger partial charge is 0.392 e. The molecule has 0 fully saturated rings. The number of aliphatic hydroxyl groups excluding tert-OH is 1. The van der Waals surface area contributed by atoms with E-state index in [4.69, 9.17) is 10.8 Å². The van der Waals surface area contributed by atoms with Crippen molar-refractivity contribution < 1.29 is 5.11 Å². The Kier molecular flexibility index (Phi) is 5.82. The molecule has 1 heterocycles. The fourth-order valence-corrected chi connectivity index (χ4v) is 0.278. The zero-order chi connectivity index (χ0) is 7.82. The Balaban J connectivity index is 0.000000162. The molecule has 0 spiro atoms. The molecule has 58 valence electrons. The number of aromatic nitrogens is 1. The van der Waals surface area contributed by atoms with Crippen LogP contribution in [0.1, 0.15) is 6.92 Å². The zero-order valence-corrected chi connectivity index (χ0v) is 6.12. The van der Waals surface area contributed by atoms with Crippen molar-refractivity contribution in [1.29, 1.82) is 0 Å². The summed E-state index contributed by atoms with van der Waals surface area (Å²) in [7, 11) is 0. The van der Waals surface area contributed by atoms with Crippen molar-refractivity contribution in [2.45, 2.75) is 13.0 Å². The topological polar surface area (TPSA) is 62.0 Å². The van der Waals surface area contributed by atoms with Gasteiger partial charge in [-0.05, 0) is 19.1 Å². The van der Waals surface area contributed by atoms with E-state index in [9.17, 15) is 0 Å². The number of aromatic amines is 1. The van der Waals surface area contributed by atoms with E-state index in [-0.39, 0.29) is 6.10 Å². The molecule has 1 aromatic heterocycles. The van der Waals surface area contributed by atoms with Gasteiger partial charge in [0.2, 0.25) is 0 Å². The molecule has 0 aromatic carbocycles. The van der Waals surface area contributed by atoms with Crippen LogP contribution in [-0.2, 0) is 0 Å². The van der Waals surface area contributed by atoms with Gasteiger partial charge in [0.15, 0.2) is 0 Å². The van der Waals surface area contributed by atoms with Gasteiger partial charge in [-0.2, -0.15) is 0 Å². The Labute approximate surface area is 60.9 Å². The maximum atomic E-state index is 8.24. The standard InChI is InChI=1S/C4H5N.C3H9NO/c1-2-4-5-3-1;1-3(5)2-4/h1-5H;3,5H,2,4H2,1H3. The third kappa shape index (κ3) is 7.20. The van der Waals surface area contributed by atoms with Gasteiger partial charge in [-0.1, -0.05) is 0 Å². The third-order valence-electron chi connectivity index (χ3n) is 0.837. The van der Waals surface area contributed by atoms with Gasteiger partial charge in [0.05, 0.1) is 6.10 Å². The summed E-state index contributed by atoms with van der Waals surface area (Å²) < 4.78 is 0. The van der Waals surface area contributed by atoms with Crippen LogP contribution in [0.3, 0.4) is 0 Å². The molecule has 1 rings (SSSR count). The summed E-state index contributed by atoms with van der Waals surface area (Å²) in [5.41, 5.74) is 4.92. The lowest BCUT2D eigenvalue weighted by atomic mass is 10.4. The monoisotopic (exact) mass is 142 g/mol. The second kappa shape index (κ2) is 6.32. The summed E-state index contributed by atoms with van der Waals surface area (Å²) >= 11 is 0. The number of aliphatic hydroxyl groups is 1. The maximum absolute atomic E-state index is 8.24. The molecule has 1 atom stereocenters. The van der Waals surface area contributed by atoms with Crippen LogP contribution in [0, 0.1) is 0 Å². The summed E-state index contributed by atoms with van der Waals surface area (Å²) in [5, 5.41) is 8.24. The SMILES string of the molecule is CC(O)CN.c1cc[nH]c1. The second-order valence-corrected chi connectivity index (χ2v) is 1.97. The van der Waals surface area contributed by atoms with E-state index >= 15 is 0 Å². The van der Waals surface area contributed by atoms with E-state index < -0.39 is 0 Å². The van der Waals surface area contributed by atoms with Crippen LogP contribution in [0.15, 0.2) is 24.5 Å². The Morgan fingerprint density at radius 3 is 2.00 bits per heavy atom. The van der Waals surface area contributed by atoms with Gasteiger partial charge < -0.3 is 15.8 Å². The quantitative estimate of drug-likeness (QED) is 0.529. The number of rotatable bonds is 1. The van der Waals surface area contributed by atoms with Crippen LogP contribution in [-0.4, -0.2) is 22.7 Å². The van der Waals surface area contributed by atoms with Crippen molar-refractivity contribution in [3.8, 4) is 0 Å². The first-order valence-electron chi connectivity index (χ1n) is 3.23. The first kappa shape index (κ1) is 9.20. The Hall–Kier alpha value is -0.800. The smallest absolute Gasteiger partial charge is 0.0634 e. The molecular formula is C7H14N2O. The van der Waals surface area contributed by atoms with Crippen LogP contribution < -0.4 is 5.73 Å². The highest BCUT2D eigenvalue weighted by atomic mass is 16.3. The summed E-state index contributed by atoms with van der Waals surface area (Å²) in [4.78, 5) is 2.86. The van der Waals surface area contributed by atoms with E-state index in [1.54, 1.807) is 6.92 Å². The molecule has 1 aromatic rings. The predicted octanol–water partition coefficient (Wildman–Crippen LogP) is 0.341. The normalized spacial score (nSPS) is 11.5. The molecule has 0 aliphatic rings. The van der Waals surface area contributed by atoms with Gasteiger partial charge in [0.1, 0.15) is 0 Å².